The topological polar surface area (TPSA) is 185 Å². The van der Waals surface area contributed by atoms with Crippen molar-refractivity contribution >= 4 is 48.2 Å². The van der Waals surface area contributed by atoms with Gasteiger partial charge in [0, 0.05) is 7.05 Å². The first-order valence-electron chi connectivity index (χ1n) is 12.3. The Morgan fingerprint density at radius 2 is 2.10 bits per heavy atom. The van der Waals surface area contributed by atoms with Crippen molar-refractivity contribution in [1.82, 2.24) is 24.6 Å². The van der Waals surface area contributed by atoms with Gasteiger partial charge in [-0.1, -0.05) is 18.2 Å². The lowest BCUT2D eigenvalue weighted by molar-refractivity contribution is -0.144. The van der Waals surface area contributed by atoms with Gasteiger partial charge in [0.1, 0.15) is 23.5 Å². The number of nitrogens with zero attached hydrogens (tertiary/aromatic N) is 4. The van der Waals surface area contributed by atoms with Gasteiger partial charge in [-0.3, -0.25) is 13.9 Å². The van der Waals surface area contributed by atoms with Crippen molar-refractivity contribution in [2.75, 3.05) is 30.6 Å². The van der Waals surface area contributed by atoms with Crippen molar-refractivity contribution in [3.63, 3.8) is 0 Å². The summed E-state index contributed by atoms with van der Waals surface area (Å²) in [5.74, 6) is -0.809. The second-order valence-electron chi connectivity index (χ2n) is 9.25. The van der Waals surface area contributed by atoms with Gasteiger partial charge in [0.2, 0.25) is 5.95 Å². The van der Waals surface area contributed by atoms with Crippen LogP contribution in [0.1, 0.15) is 20.1 Å². The van der Waals surface area contributed by atoms with Crippen LogP contribution in [0.15, 0.2) is 36.7 Å². The van der Waals surface area contributed by atoms with Crippen LogP contribution in [0.3, 0.4) is 0 Å². The van der Waals surface area contributed by atoms with Crippen LogP contribution >= 0.6 is 19.3 Å². The van der Waals surface area contributed by atoms with Crippen molar-refractivity contribution < 1.29 is 37.4 Å². The molecule has 3 heterocycles. The number of nitrogen functional groups attached to an aromatic ring is 1. The number of anilines is 2. The average molecular weight is 600 g/mol. The molecule has 7 atom stereocenters. The number of aromatic nitrogens is 4. The van der Waals surface area contributed by atoms with E-state index in [1.165, 1.54) is 30.0 Å². The molecule has 14 nitrogen and oxygen atoms in total. The lowest BCUT2D eigenvalue weighted by atomic mass is 10.1. The third-order valence-corrected chi connectivity index (χ3v) is 8.81. The van der Waals surface area contributed by atoms with Gasteiger partial charge in [0.05, 0.1) is 18.8 Å². The zero-order valence-corrected chi connectivity index (χ0v) is 23.3. The number of fused-ring (bicyclic) bond motifs is 2. The summed E-state index contributed by atoms with van der Waals surface area (Å²) in [6.07, 6.45) is -3.85. The molecule has 216 valence electrons. The highest BCUT2D eigenvalue weighted by Gasteiger charge is 2.90. The normalized spacial score (nSPS) is 29.4. The van der Waals surface area contributed by atoms with Crippen molar-refractivity contribution in [2.45, 2.75) is 49.6 Å². The number of alkyl halides is 2. The summed E-state index contributed by atoms with van der Waals surface area (Å²) in [5.41, 5.74) is 2.08. The molecule has 0 amide bonds. The minimum atomic E-state index is -4.46. The minimum absolute atomic E-state index is 0.0847. The predicted molar refractivity (Wildman–Crippen MR) is 141 cm³/mol. The number of hydrogen-bond donors (Lipinski definition) is 4. The number of nitrogens with two attached hydrogens (primary N) is 1. The summed E-state index contributed by atoms with van der Waals surface area (Å²) in [7, 11) is -2.85. The molecule has 1 aliphatic heterocycles. The Labute approximate surface area is 232 Å². The minimum Gasteiger partial charge on any atom is -0.465 e. The van der Waals surface area contributed by atoms with Crippen molar-refractivity contribution in [1.29, 1.82) is 0 Å². The van der Waals surface area contributed by atoms with E-state index in [9.17, 15) is 14.5 Å². The predicted octanol–water partition coefficient (Wildman–Crippen LogP) is 2.15. The van der Waals surface area contributed by atoms with Gasteiger partial charge in [-0.2, -0.15) is 15.1 Å². The van der Waals surface area contributed by atoms with Gasteiger partial charge < -0.3 is 30.2 Å². The van der Waals surface area contributed by atoms with Crippen LogP contribution in [0, 0.1) is 0 Å². The van der Waals surface area contributed by atoms with Crippen LogP contribution in [0.25, 0.3) is 11.2 Å². The van der Waals surface area contributed by atoms with Crippen LogP contribution in [-0.2, 0) is 23.4 Å². The molecule has 1 saturated heterocycles. The highest BCUT2D eigenvalue weighted by Crippen LogP contribution is 2.69. The molecule has 1 aliphatic carbocycles. The third-order valence-electron chi connectivity index (χ3n) is 6.77. The highest BCUT2D eigenvalue weighted by atomic mass is 35.5. The number of carbonyl (C=O) groups excluding carboxylic acids is 1. The molecule has 5 rings (SSSR count). The summed E-state index contributed by atoms with van der Waals surface area (Å²) < 4.78 is 53.6. The number of aliphatic hydroxyl groups is 1. The summed E-state index contributed by atoms with van der Waals surface area (Å²) in [5, 5.41) is 16.8. The summed E-state index contributed by atoms with van der Waals surface area (Å²) in [6.45, 7) is 3.09. The van der Waals surface area contributed by atoms with Gasteiger partial charge in [0.15, 0.2) is 35.0 Å². The number of ether oxygens (including phenoxy) is 2. The first-order valence-corrected chi connectivity index (χ1v) is 14.4. The lowest BCUT2D eigenvalue weighted by Gasteiger charge is -2.27. The quantitative estimate of drug-likeness (QED) is 0.143. The molecule has 1 saturated carbocycles. The Bertz CT molecular complexity index is 1460. The van der Waals surface area contributed by atoms with Gasteiger partial charge in [-0.15, -0.1) is 11.6 Å². The molecular weight excluding hydrogens is 572 g/mol. The number of halogens is 2. The number of nitrogens with one attached hydrogen (secondary N) is 2. The van der Waals surface area contributed by atoms with Crippen molar-refractivity contribution in [3.05, 3.63) is 36.7 Å². The van der Waals surface area contributed by atoms with E-state index in [1.807, 2.05) is 0 Å². The average Bonchev–Trinajstić information content (AvgIpc) is 3.17. The Hall–Kier alpha value is -3.07. The van der Waals surface area contributed by atoms with Crippen LogP contribution < -0.4 is 20.7 Å². The monoisotopic (exact) mass is 599 g/mol. The van der Waals surface area contributed by atoms with E-state index in [1.54, 1.807) is 32.2 Å². The molecule has 40 heavy (non-hydrogen) atoms. The number of esters is 1. The molecule has 2 aromatic heterocycles. The molecule has 17 heteroatoms. The third kappa shape index (κ3) is 4.46. The van der Waals surface area contributed by atoms with Crippen molar-refractivity contribution in [2.24, 2.45) is 0 Å². The maximum absolute atomic E-state index is 16.1. The molecule has 3 aromatic rings. The van der Waals surface area contributed by atoms with Crippen LogP contribution in [-0.4, -0.2) is 79.6 Å². The standard InChI is InChI=1S/C23H28ClFN7O7P/c1-4-36-19(33)12(2)31-40(35,38-13-8-6-5-7-9-13)39-20-22(10-24)23(20,34)15(25)18(37-22)32-11-28-14-16(27-3)29-21(26)30-17(14)32/h5-9,11-12,15,18,20,34H,4,10H2,1-3H3,(H,31,35)(H3,26,27,29,30)/t12-,15+,18-,20?,22-,23-,40-/m1/s1. The summed E-state index contributed by atoms with van der Waals surface area (Å²) in [6, 6.07) is 6.84. The first-order chi connectivity index (χ1) is 19.0. The smallest absolute Gasteiger partial charge is 0.459 e. The Balaban J connectivity index is 1.44. The number of para-hydroxylation sites is 1. The second kappa shape index (κ2) is 10.4. The largest absolute Gasteiger partial charge is 0.465 e. The SMILES string of the molecule is CCOC(=O)[C@@H](C)N[P@@](=O)(Oc1ccccc1)OC1[C@@]2(CCl)O[C@@H](n3cnc4c(NC)nc(N)nc43)[C@H](F)[C@@]12O. The number of hydrogen-bond acceptors (Lipinski definition) is 12. The highest BCUT2D eigenvalue weighted by molar-refractivity contribution is 7.52. The Kier molecular flexibility index (Phi) is 7.40. The fourth-order valence-electron chi connectivity index (χ4n) is 4.77. The lowest BCUT2D eigenvalue weighted by Crippen LogP contribution is -2.38. The van der Waals surface area contributed by atoms with Gasteiger partial charge in [0.25, 0.3) is 0 Å². The zero-order chi connectivity index (χ0) is 28.9. The zero-order valence-electron chi connectivity index (χ0n) is 21.7. The summed E-state index contributed by atoms with van der Waals surface area (Å²) >= 11 is 6.21. The Morgan fingerprint density at radius 1 is 1.38 bits per heavy atom. The second-order valence-corrected chi connectivity index (χ2v) is 11.2. The fourth-order valence-corrected chi connectivity index (χ4v) is 6.93. The van der Waals surface area contributed by atoms with E-state index >= 15 is 4.39 Å². The Morgan fingerprint density at radius 3 is 2.73 bits per heavy atom. The molecule has 0 radical (unpaired) electrons. The van der Waals surface area contributed by atoms with Gasteiger partial charge in [-0.25, -0.2) is 13.9 Å². The van der Waals surface area contributed by atoms with E-state index in [-0.39, 0.29) is 24.0 Å². The van der Waals surface area contributed by atoms with Gasteiger partial charge in [-0.05, 0) is 26.0 Å². The maximum atomic E-state index is 16.1. The van der Waals surface area contributed by atoms with E-state index in [2.05, 4.69) is 25.4 Å². The number of carbonyl (C=O) groups is 1. The molecule has 1 unspecified atom stereocenters. The fraction of sp³-hybridized carbons (Fsp3) is 0.478. The van der Waals surface area contributed by atoms with Crippen LogP contribution in [0.4, 0.5) is 16.2 Å². The molecule has 1 aromatic carbocycles. The number of rotatable bonds is 11. The van der Waals surface area contributed by atoms with E-state index in [0.717, 1.165) is 0 Å². The van der Waals surface area contributed by atoms with E-state index in [0.29, 0.717) is 11.3 Å². The molecular formula is C23H28ClFN7O7P. The number of benzene rings is 1. The molecule has 0 spiro atoms. The summed E-state index contributed by atoms with van der Waals surface area (Å²) in [4.78, 5) is 24.7. The number of imidazole rings is 1. The van der Waals surface area contributed by atoms with E-state index < -0.39 is 55.3 Å². The molecule has 2 aliphatic rings. The van der Waals surface area contributed by atoms with Crippen LogP contribution in [0.2, 0.25) is 0 Å². The molecule has 0 bridgehead atoms. The maximum Gasteiger partial charge on any atom is 0.459 e. The van der Waals surface area contributed by atoms with Crippen LogP contribution in [0.5, 0.6) is 5.75 Å². The molecule has 2 fully saturated rings. The first kappa shape index (κ1) is 28.5. The van der Waals surface area contributed by atoms with Gasteiger partial charge >= 0.3 is 13.7 Å². The van der Waals surface area contributed by atoms with Crippen molar-refractivity contribution in [3.8, 4) is 5.75 Å². The molecule has 5 N–H and O–H groups in total. The van der Waals surface area contributed by atoms with E-state index in [4.69, 9.17) is 35.9 Å².